The maximum Gasteiger partial charge on any atom is 0.250 e. The highest BCUT2D eigenvalue weighted by Gasteiger charge is 2.13. The van der Waals surface area contributed by atoms with Gasteiger partial charge >= 0.3 is 0 Å². The molecule has 21 heavy (non-hydrogen) atoms. The second-order valence-electron chi connectivity index (χ2n) is 5.88. The number of nitrogens with zero attached hydrogens (tertiary/aromatic N) is 2. The molecule has 0 bridgehead atoms. The summed E-state index contributed by atoms with van der Waals surface area (Å²) in [6.45, 7) is 6.54. The van der Waals surface area contributed by atoms with Crippen molar-refractivity contribution in [1.82, 2.24) is 9.55 Å². The lowest BCUT2D eigenvalue weighted by Gasteiger charge is -2.19. The van der Waals surface area contributed by atoms with Gasteiger partial charge in [-0.15, -0.1) is 0 Å². The first-order chi connectivity index (χ1) is 9.92. The molecular weight excluding hydrogens is 266 g/mol. The highest BCUT2D eigenvalue weighted by atomic mass is 16.5. The number of carbonyl (C=O) groups is 1. The smallest absolute Gasteiger partial charge is 0.250 e. The Kier molecular flexibility index (Phi) is 4.75. The van der Waals surface area contributed by atoms with E-state index in [1.54, 1.807) is 12.5 Å². The van der Waals surface area contributed by atoms with Crippen molar-refractivity contribution in [2.45, 2.75) is 32.9 Å². The molecule has 1 amide bonds. The maximum atomic E-state index is 11.8. The van der Waals surface area contributed by atoms with E-state index >= 15 is 0 Å². The Morgan fingerprint density at radius 3 is 2.86 bits per heavy atom. The summed E-state index contributed by atoms with van der Waals surface area (Å²) in [6.07, 6.45) is 5.42. The van der Waals surface area contributed by atoms with Crippen molar-refractivity contribution < 1.29 is 9.53 Å². The summed E-state index contributed by atoms with van der Waals surface area (Å²) in [5.74, 6) is -0.148. The minimum absolute atomic E-state index is 0.0508. The minimum Gasteiger partial charge on any atom is -0.366 e. The quantitative estimate of drug-likeness (QED) is 0.920. The monoisotopic (exact) mass is 287 g/mol. The first-order valence-electron chi connectivity index (χ1n) is 6.91. The second-order valence-corrected chi connectivity index (χ2v) is 5.88. The molecule has 0 radical (unpaired) electrons. The van der Waals surface area contributed by atoms with Gasteiger partial charge in [-0.05, 0) is 38.5 Å². The van der Waals surface area contributed by atoms with Gasteiger partial charge in [0.1, 0.15) is 6.61 Å². The molecule has 1 N–H and O–H groups in total. The number of hydrogen-bond acceptors (Lipinski definition) is 3. The highest BCUT2D eigenvalue weighted by Crippen LogP contribution is 2.12. The first-order valence-corrected chi connectivity index (χ1v) is 6.91. The number of nitrogens with one attached hydrogen (secondary N) is 1. The third kappa shape index (κ3) is 5.39. The summed E-state index contributed by atoms with van der Waals surface area (Å²) >= 11 is 0. The van der Waals surface area contributed by atoms with Crippen LogP contribution in [-0.4, -0.2) is 27.7 Å². The zero-order valence-corrected chi connectivity index (χ0v) is 12.7. The van der Waals surface area contributed by atoms with Crippen LogP contribution in [0.2, 0.25) is 0 Å². The van der Waals surface area contributed by atoms with Crippen molar-refractivity contribution in [2.75, 3.05) is 11.9 Å². The van der Waals surface area contributed by atoms with Crippen molar-refractivity contribution in [3.63, 3.8) is 0 Å². The summed E-state index contributed by atoms with van der Waals surface area (Å²) < 4.78 is 7.43. The predicted octanol–water partition coefficient (Wildman–Crippen LogP) is 2.69. The van der Waals surface area contributed by atoms with E-state index in [4.69, 9.17) is 4.74 Å². The standard InChI is InChI=1S/C16H21N3O2/c1-16(2,3)21-11-15(20)18-14-6-4-5-13(9-14)10-19-8-7-17-12-19/h4-9,12H,10-11H2,1-3H3,(H,18,20). The average molecular weight is 287 g/mol. The molecule has 1 aromatic carbocycles. The molecule has 0 aliphatic heterocycles. The number of hydrogen-bond donors (Lipinski definition) is 1. The lowest BCUT2D eigenvalue weighted by atomic mass is 10.2. The van der Waals surface area contributed by atoms with Crippen LogP contribution in [0.1, 0.15) is 26.3 Å². The Hall–Kier alpha value is -2.14. The van der Waals surface area contributed by atoms with E-state index in [9.17, 15) is 4.79 Å². The topological polar surface area (TPSA) is 56.1 Å². The van der Waals surface area contributed by atoms with Crippen molar-refractivity contribution >= 4 is 11.6 Å². The van der Waals surface area contributed by atoms with Crippen LogP contribution in [0.5, 0.6) is 0 Å². The molecule has 0 aliphatic rings. The van der Waals surface area contributed by atoms with E-state index < -0.39 is 0 Å². The average Bonchev–Trinajstić information content (AvgIpc) is 2.89. The van der Waals surface area contributed by atoms with E-state index in [2.05, 4.69) is 10.3 Å². The van der Waals surface area contributed by atoms with Crippen LogP contribution in [-0.2, 0) is 16.1 Å². The van der Waals surface area contributed by atoms with Crippen LogP contribution in [0.15, 0.2) is 43.0 Å². The second kappa shape index (κ2) is 6.54. The lowest BCUT2D eigenvalue weighted by Crippen LogP contribution is -2.27. The fraction of sp³-hybridized carbons (Fsp3) is 0.375. The molecule has 0 spiro atoms. The third-order valence-electron chi connectivity index (χ3n) is 2.77. The number of ether oxygens (including phenoxy) is 1. The molecule has 0 atom stereocenters. The van der Waals surface area contributed by atoms with Gasteiger partial charge in [-0.1, -0.05) is 12.1 Å². The van der Waals surface area contributed by atoms with E-state index in [-0.39, 0.29) is 18.1 Å². The molecule has 0 saturated heterocycles. The Morgan fingerprint density at radius 2 is 2.19 bits per heavy atom. The summed E-state index contributed by atoms with van der Waals surface area (Å²) in [5, 5.41) is 2.85. The largest absolute Gasteiger partial charge is 0.366 e. The Balaban J connectivity index is 1.93. The molecule has 2 aromatic rings. The van der Waals surface area contributed by atoms with Gasteiger partial charge in [0.25, 0.3) is 0 Å². The van der Waals surface area contributed by atoms with Crippen molar-refractivity contribution in [3.05, 3.63) is 48.5 Å². The fourth-order valence-corrected chi connectivity index (χ4v) is 1.82. The van der Waals surface area contributed by atoms with E-state index in [1.807, 2.05) is 55.8 Å². The summed E-state index contributed by atoms with van der Waals surface area (Å²) in [6, 6.07) is 7.76. The summed E-state index contributed by atoms with van der Waals surface area (Å²) in [5.41, 5.74) is 1.55. The maximum absolute atomic E-state index is 11.8. The van der Waals surface area contributed by atoms with Gasteiger partial charge in [-0.2, -0.15) is 0 Å². The van der Waals surface area contributed by atoms with Crippen molar-refractivity contribution in [1.29, 1.82) is 0 Å². The normalized spacial score (nSPS) is 11.4. The van der Waals surface area contributed by atoms with E-state index in [1.165, 1.54) is 0 Å². The number of benzene rings is 1. The Morgan fingerprint density at radius 1 is 1.38 bits per heavy atom. The van der Waals surface area contributed by atoms with Gasteiger partial charge in [-0.25, -0.2) is 4.98 Å². The minimum atomic E-state index is -0.319. The zero-order valence-electron chi connectivity index (χ0n) is 12.7. The zero-order chi connectivity index (χ0) is 15.3. The number of imidazole rings is 1. The molecule has 0 fully saturated rings. The van der Waals surface area contributed by atoms with Gasteiger partial charge in [0, 0.05) is 24.6 Å². The molecule has 0 aliphatic carbocycles. The van der Waals surface area contributed by atoms with Gasteiger partial charge in [-0.3, -0.25) is 4.79 Å². The molecule has 2 rings (SSSR count). The van der Waals surface area contributed by atoms with E-state index in [0.29, 0.717) is 0 Å². The molecule has 112 valence electrons. The van der Waals surface area contributed by atoms with Crippen LogP contribution < -0.4 is 5.32 Å². The van der Waals surface area contributed by atoms with E-state index in [0.717, 1.165) is 17.8 Å². The van der Waals surface area contributed by atoms with Crippen molar-refractivity contribution in [3.8, 4) is 0 Å². The van der Waals surface area contributed by atoms with Crippen LogP contribution >= 0.6 is 0 Å². The SMILES string of the molecule is CC(C)(C)OCC(=O)Nc1cccc(Cn2ccnc2)c1. The number of aromatic nitrogens is 2. The van der Waals surface area contributed by atoms with Gasteiger partial charge in [0.15, 0.2) is 0 Å². The summed E-state index contributed by atoms with van der Waals surface area (Å²) in [7, 11) is 0. The van der Waals surface area contributed by atoms with Gasteiger partial charge < -0.3 is 14.6 Å². The first kappa shape index (κ1) is 15.3. The number of rotatable bonds is 5. The summed E-state index contributed by atoms with van der Waals surface area (Å²) in [4.78, 5) is 15.8. The van der Waals surface area contributed by atoms with Crippen LogP contribution in [0.4, 0.5) is 5.69 Å². The third-order valence-corrected chi connectivity index (χ3v) is 2.77. The van der Waals surface area contributed by atoms with Gasteiger partial charge in [0.2, 0.25) is 5.91 Å². The Bertz CT molecular complexity index is 586. The van der Waals surface area contributed by atoms with Crippen LogP contribution in [0.25, 0.3) is 0 Å². The van der Waals surface area contributed by atoms with Crippen molar-refractivity contribution in [2.24, 2.45) is 0 Å². The molecule has 1 heterocycles. The predicted molar refractivity (Wildman–Crippen MR) is 82.1 cm³/mol. The van der Waals surface area contributed by atoms with Crippen LogP contribution in [0.3, 0.4) is 0 Å². The number of carbonyl (C=O) groups excluding carboxylic acids is 1. The number of amides is 1. The molecule has 0 saturated carbocycles. The highest BCUT2D eigenvalue weighted by molar-refractivity contribution is 5.91. The fourth-order valence-electron chi connectivity index (χ4n) is 1.82. The number of anilines is 1. The van der Waals surface area contributed by atoms with Gasteiger partial charge in [0.05, 0.1) is 11.9 Å². The Labute approximate surface area is 125 Å². The molecule has 1 aromatic heterocycles. The molecule has 5 nitrogen and oxygen atoms in total. The molecule has 0 unspecified atom stereocenters. The lowest BCUT2D eigenvalue weighted by molar-refractivity contribution is -0.125. The van der Waals surface area contributed by atoms with Crippen LogP contribution in [0, 0.1) is 0 Å². The molecular formula is C16H21N3O2. The molecule has 5 heteroatoms.